The largest absolute Gasteiger partial charge is 0.464 e. The number of nitro benzene ring substituents is 1. The number of esters is 1. The summed E-state index contributed by atoms with van der Waals surface area (Å²) in [6, 6.07) is 6.21. The van der Waals surface area contributed by atoms with Gasteiger partial charge in [0.2, 0.25) is 5.96 Å². The Balaban J connectivity index is 3.02. The van der Waals surface area contributed by atoms with Gasteiger partial charge in [-0.1, -0.05) is 19.1 Å². The fraction of sp³-hybridized carbons (Fsp3) is 0.467. The molecule has 0 bridgehead atoms. The topological polar surface area (TPSA) is 88.3 Å². The van der Waals surface area contributed by atoms with Gasteiger partial charge in [-0.05, 0) is 12.5 Å². The third-order valence-electron chi connectivity index (χ3n) is 2.87. The molecule has 23 heavy (non-hydrogen) atoms. The summed E-state index contributed by atoms with van der Waals surface area (Å²) in [6.07, 6.45) is 0.750. The number of carbonyl (C=O) groups is 1. The average molecular weight is 322 g/mol. The van der Waals surface area contributed by atoms with Gasteiger partial charge < -0.3 is 14.5 Å². The van der Waals surface area contributed by atoms with Gasteiger partial charge in [0.1, 0.15) is 12.2 Å². The molecule has 0 spiro atoms. The summed E-state index contributed by atoms with van der Waals surface area (Å²) in [5.41, 5.74) is 0.142. The molecule has 0 amide bonds. The highest BCUT2D eigenvalue weighted by atomic mass is 16.6. The second-order valence-corrected chi connectivity index (χ2v) is 5.13. The van der Waals surface area contributed by atoms with E-state index in [1.807, 2.05) is 6.92 Å². The molecule has 1 aromatic rings. The number of carbonyl (C=O) groups excluding carboxylic acids is 1. The van der Waals surface area contributed by atoms with E-state index in [4.69, 9.17) is 4.74 Å². The molecular weight excluding hydrogens is 300 g/mol. The van der Waals surface area contributed by atoms with E-state index >= 15 is 0 Å². The molecular formula is C15H22N4O4. The van der Waals surface area contributed by atoms with E-state index < -0.39 is 4.92 Å². The maximum atomic E-state index is 11.7. The zero-order valence-corrected chi connectivity index (χ0v) is 13.9. The molecule has 8 nitrogen and oxygen atoms in total. The van der Waals surface area contributed by atoms with E-state index in [0.717, 1.165) is 6.42 Å². The summed E-state index contributed by atoms with van der Waals surface area (Å²) in [5.74, 6) is 0.0548. The van der Waals surface area contributed by atoms with Crippen LogP contribution in [0.15, 0.2) is 29.3 Å². The zero-order valence-electron chi connectivity index (χ0n) is 13.9. The first-order valence-corrected chi connectivity index (χ1v) is 7.23. The molecule has 126 valence electrons. The van der Waals surface area contributed by atoms with Crippen LogP contribution in [0.25, 0.3) is 0 Å². The Hall–Kier alpha value is -2.64. The third-order valence-corrected chi connectivity index (χ3v) is 2.87. The molecule has 0 atom stereocenters. The van der Waals surface area contributed by atoms with Gasteiger partial charge in [0, 0.05) is 27.2 Å². The van der Waals surface area contributed by atoms with Crippen LogP contribution in [-0.4, -0.2) is 60.9 Å². The Morgan fingerprint density at radius 1 is 1.30 bits per heavy atom. The Bertz CT molecular complexity index is 587. The minimum Gasteiger partial charge on any atom is -0.464 e. The highest BCUT2D eigenvalue weighted by Crippen LogP contribution is 2.26. The normalized spacial score (nSPS) is 11.0. The van der Waals surface area contributed by atoms with Gasteiger partial charge in [0.25, 0.3) is 5.69 Å². The monoisotopic (exact) mass is 322 g/mol. The Morgan fingerprint density at radius 2 is 1.96 bits per heavy atom. The van der Waals surface area contributed by atoms with Crippen LogP contribution in [-0.2, 0) is 9.53 Å². The Morgan fingerprint density at radius 3 is 2.52 bits per heavy atom. The van der Waals surface area contributed by atoms with E-state index in [9.17, 15) is 14.9 Å². The lowest BCUT2D eigenvalue weighted by molar-refractivity contribution is -0.384. The lowest BCUT2D eigenvalue weighted by atomic mass is 10.3. The second-order valence-electron chi connectivity index (χ2n) is 5.13. The van der Waals surface area contributed by atoms with Gasteiger partial charge in [0.15, 0.2) is 0 Å². The zero-order chi connectivity index (χ0) is 17.4. The summed E-state index contributed by atoms with van der Waals surface area (Å²) in [4.78, 5) is 29.9. The number of nitro groups is 1. The van der Waals surface area contributed by atoms with Gasteiger partial charge in [0.05, 0.1) is 11.5 Å². The van der Waals surface area contributed by atoms with Crippen molar-refractivity contribution in [1.82, 2.24) is 9.80 Å². The van der Waals surface area contributed by atoms with Crippen LogP contribution in [0.3, 0.4) is 0 Å². The highest BCUT2D eigenvalue weighted by molar-refractivity contribution is 5.86. The Labute approximate surface area is 135 Å². The Kier molecular flexibility index (Phi) is 6.98. The van der Waals surface area contributed by atoms with Crippen LogP contribution < -0.4 is 0 Å². The fourth-order valence-electron chi connectivity index (χ4n) is 1.87. The molecule has 0 N–H and O–H groups in total. The van der Waals surface area contributed by atoms with Crippen molar-refractivity contribution < 1.29 is 14.5 Å². The van der Waals surface area contributed by atoms with Crippen molar-refractivity contribution >= 4 is 23.3 Å². The van der Waals surface area contributed by atoms with Gasteiger partial charge >= 0.3 is 5.97 Å². The second kappa shape index (κ2) is 8.72. The minimum absolute atomic E-state index is 0.0116. The van der Waals surface area contributed by atoms with E-state index in [-0.39, 0.29) is 23.9 Å². The minimum atomic E-state index is -0.484. The maximum Gasteiger partial charge on any atom is 0.325 e. The number of hydrogen-bond acceptors (Lipinski definition) is 5. The summed E-state index contributed by atoms with van der Waals surface area (Å²) in [5, 5.41) is 11.1. The molecule has 0 fully saturated rings. The predicted octanol–water partition coefficient (Wildman–Crippen LogP) is 2.03. The van der Waals surface area contributed by atoms with Crippen LogP contribution >= 0.6 is 0 Å². The van der Waals surface area contributed by atoms with Crippen LogP contribution in [0.2, 0.25) is 0 Å². The molecule has 0 unspecified atom stereocenters. The van der Waals surface area contributed by atoms with Gasteiger partial charge in [-0.2, -0.15) is 0 Å². The van der Waals surface area contributed by atoms with Crippen molar-refractivity contribution in [2.45, 2.75) is 13.3 Å². The molecule has 0 heterocycles. The van der Waals surface area contributed by atoms with Crippen molar-refractivity contribution in [3.8, 4) is 0 Å². The number of para-hydroxylation sites is 2. The molecule has 1 aromatic carbocycles. The number of aliphatic imine (C=N–C) groups is 1. The lowest BCUT2D eigenvalue weighted by Gasteiger charge is -2.25. The van der Waals surface area contributed by atoms with Crippen molar-refractivity contribution in [2.24, 2.45) is 4.99 Å². The average Bonchev–Trinajstić information content (AvgIpc) is 2.50. The molecule has 0 aliphatic carbocycles. The molecule has 0 aliphatic heterocycles. The molecule has 0 aromatic heterocycles. The van der Waals surface area contributed by atoms with Crippen LogP contribution in [0, 0.1) is 10.1 Å². The first kappa shape index (κ1) is 18.4. The molecule has 1 rings (SSSR count). The number of rotatable bonds is 6. The van der Waals surface area contributed by atoms with Crippen LogP contribution in [0.5, 0.6) is 0 Å². The summed E-state index contributed by atoms with van der Waals surface area (Å²) in [6.45, 7) is 2.29. The third kappa shape index (κ3) is 5.57. The fourth-order valence-corrected chi connectivity index (χ4v) is 1.87. The highest BCUT2D eigenvalue weighted by Gasteiger charge is 2.17. The van der Waals surface area contributed by atoms with E-state index in [1.54, 1.807) is 49.1 Å². The number of benzene rings is 1. The number of likely N-dealkylation sites (N-methyl/N-ethyl adjacent to an activating group) is 1. The number of ether oxygens (including phenoxy) is 1. The molecule has 0 saturated carbocycles. The van der Waals surface area contributed by atoms with Gasteiger partial charge in [-0.15, -0.1) is 0 Å². The van der Waals surface area contributed by atoms with Gasteiger partial charge in [-0.25, -0.2) is 4.99 Å². The number of guanidine groups is 1. The summed E-state index contributed by atoms with van der Waals surface area (Å²) in [7, 11) is 5.18. The van der Waals surface area contributed by atoms with Crippen LogP contribution in [0.1, 0.15) is 13.3 Å². The SMILES string of the molecule is CCCOC(=O)CN(C)C(=Nc1ccccc1[N+](=O)[O-])N(C)C. The predicted molar refractivity (Wildman–Crippen MR) is 87.8 cm³/mol. The first-order valence-electron chi connectivity index (χ1n) is 7.23. The van der Waals surface area contributed by atoms with Crippen molar-refractivity contribution in [2.75, 3.05) is 34.3 Å². The molecule has 0 radical (unpaired) electrons. The molecule has 0 saturated heterocycles. The van der Waals surface area contributed by atoms with Crippen molar-refractivity contribution in [3.05, 3.63) is 34.4 Å². The van der Waals surface area contributed by atoms with Gasteiger partial charge in [-0.3, -0.25) is 14.9 Å². The summed E-state index contributed by atoms with van der Waals surface area (Å²) >= 11 is 0. The standard InChI is InChI=1S/C15H22N4O4/c1-5-10-23-14(20)11-18(4)15(17(2)3)16-12-8-6-7-9-13(12)19(21)22/h6-9H,5,10-11H2,1-4H3. The number of hydrogen-bond donors (Lipinski definition) is 0. The van der Waals surface area contributed by atoms with Crippen LogP contribution in [0.4, 0.5) is 11.4 Å². The maximum absolute atomic E-state index is 11.7. The van der Waals surface area contributed by atoms with E-state index in [1.165, 1.54) is 6.07 Å². The number of nitrogens with zero attached hydrogens (tertiary/aromatic N) is 4. The summed E-state index contributed by atoms with van der Waals surface area (Å²) < 4.78 is 5.04. The van der Waals surface area contributed by atoms with E-state index in [0.29, 0.717) is 12.6 Å². The van der Waals surface area contributed by atoms with E-state index in [2.05, 4.69) is 4.99 Å². The lowest BCUT2D eigenvalue weighted by Crippen LogP contribution is -2.41. The molecule has 0 aliphatic rings. The quantitative estimate of drug-likeness (QED) is 0.262. The first-order chi connectivity index (χ1) is 10.9. The smallest absolute Gasteiger partial charge is 0.325 e. The van der Waals surface area contributed by atoms with Crippen molar-refractivity contribution in [1.29, 1.82) is 0 Å². The van der Waals surface area contributed by atoms with Crippen molar-refractivity contribution in [3.63, 3.8) is 0 Å². The molecule has 8 heteroatoms.